The van der Waals surface area contributed by atoms with Crippen molar-refractivity contribution in [3.05, 3.63) is 34.3 Å². The second kappa shape index (κ2) is 6.69. The summed E-state index contributed by atoms with van der Waals surface area (Å²) in [4.78, 5) is 12.0. The maximum absolute atomic E-state index is 12.0. The van der Waals surface area contributed by atoms with E-state index < -0.39 is 5.91 Å². The molecule has 0 spiro atoms. The van der Waals surface area contributed by atoms with Crippen molar-refractivity contribution in [3.8, 4) is 17.6 Å². The maximum atomic E-state index is 12.0. The van der Waals surface area contributed by atoms with E-state index >= 15 is 0 Å². The van der Waals surface area contributed by atoms with Gasteiger partial charge in [0.1, 0.15) is 28.1 Å². The first-order valence-electron chi connectivity index (χ1n) is 6.31. The minimum absolute atomic E-state index is 0.0848. The van der Waals surface area contributed by atoms with Crippen LogP contribution in [0, 0.1) is 11.3 Å². The first-order valence-corrected chi connectivity index (χ1v) is 7.12. The van der Waals surface area contributed by atoms with Gasteiger partial charge in [0, 0.05) is 5.56 Å². The first-order chi connectivity index (χ1) is 10.5. The second-order valence-electron chi connectivity index (χ2n) is 4.22. The van der Waals surface area contributed by atoms with Gasteiger partial charge in [0.15, 0.2) is 0 Å². The quantitative estimate of drug-likeness (QED) is 0.451. The van der Waals surface area contributed by atoms with Crippen molar-refractivity contribution in [1.29, 1.82) is 5.26 Å². The Labute approximate surface area is 130 Å². The molecule has 7 nitrogen and oxygen atoms in total. The molecule has 1 aromatic heterocycles. The lowest BCUT2D eigenvalue weighted by Crippen LogP contribution is -2.13. The fourth-order valence-electron chi connectivity index (χ4n) is 1.57. The molecule has 22 heavy (non-hydrogen) atoms. The Balaban J connectivity index is 2.23. The summed E-state index contributed by atoms with van der Waals surface area (Å²) >= 11 is 1.22. The van der Waals surface area contributed by atoms with E-state index in [9.17, 15) is 15.0 Å². The normalized spacial score (nSPS) is 11.0. The number of nitrogens with one attached hydrogen (secondary N) is 1. The van der Waals surface area contributed by atoms with E-state index in [2.05, 4.69) is 15.5 Å². The number of aromatic hydroxyl groups is 2. The van der Waals surface area contributed by atoms with Gasteiger partial charge in [0.2, 0.25) is 5.13 Å². The lowest BCUT2D eigenvalue weighted by atomic mass is 10.1. The van der Waals surface area contributed by atoms with E-state index in [1.807, 2.05) is 6.92 Å². The Morgan fingerprint density at radius 2 is 2.23 bits per heavy atom. The maximum Gasteiger partial charge on any atom is 0.268 e. The number of nitrogens with zero attached hydrogens (tertiary/aromatic N) is 3. The van der Waals surface area contributed by atoms with Gasteiger partial charge >= 0.3 is 0 Å². The van der Waals surface area contributed by atoms with Gasteiger partial charge in [0.05, 0.1) is 0 Å². The van der Waals surface area contributed by atoms with Crippen LogP contribution < -0.4 is 5.32 Å². The van der Waals surface area contributed by atoms with Crippen LogP contribution >= 0.6 is 11.3 Å². The summed E-state index contributed by atoms with van der Waals surface area (Å²) in [6.07, 6.45) is 1.89. The first kappa shape index (κ1) is 15.5. The number of hydrogen-bond acceptors (Lipinski definition) is 7. The van der Waals surface area contributed by atoms with Crippen molar-refractivity contribution in [1.82, 2.24) is 10.2 Å². The van der Waals surface area contributed by atoms with Crippen LogP contribution in [0.15, 0.2) is 23.8 Å². The van der Waals surface area contributed by atoms with E-state index in [1.165, 1.54) is 35.6 Å². The Bertz CT molecular complexity index is 777. The van der Waals surface area contributed by atoms with Crippen LogP contribution in [0.3, 0.4) is 0 Å². The number of carbonyl (C=O) groups excluding carboxylic acids is 1. The summed E-state index contributed by atoms with van der Waals surface area (Å²) in [5.74, 6) is -0.898. The third kappa shape index (κ3) is 3.59. The van der Waals surface area contributed by atoms with Crippen molar-refractivity contribution >= 4 is 28.5 Å². The smallest absolute Gasteiger partial charge is 0.268 e. The third-order valence-corrected chi connectivity index (χ3v) is 3.65. The molecular formula is C14H12N4O3S. The number of anilines is 1. The molecule has 2 rings (SSSR count). The van der Waals surface area contributed by atoms with Crippen LogP contribution in [0.5, 0.6) is 11.5 Å². The third-order valence-electron chi connectivity index (χ3n) is 2.67. The van der Waals surface area contributed by atoms with Crippen molar-refractivity contribution in [2.75, 3.05) is 5.32 Å². The number of carbonyl (C=O) groups is 1. The van der Waals surface area contributed by atoms with Gasteiger partial charge in [-0.3, -0.25) is 10.1 Å². The van der Waals surface area contributed by atoms with Gasteiger partial charge in [-0.25, -0.2) is 0 Å². The largest absolute Gasteiger partial charge is 0.508 e. The molecule has 8 heteroatoms. The molecule has 1 aromatic carbocycles. The van der Waals surface area contributed by atoms with Crippen LogP contribution in [0.2, 0.25) is 0 Å². The number of aryl methyl sites for hydroxylation is 1. The highest BCUT2D eigenvalue weighted by Crippen LogP contribution is 2.25. The zero-order chi connectivity index (χ0) is 16.1. The molecule has 1 amide bonds. The number of phenolic OH excluding ortho intramolecular Hbond substituents is 2. The molecule has 2 aromatic rings. The molecule has 0 aliphatic heterocycles. The SMILES string of the molecule is CCc1nnc(NC(=O)/C(C#N)=C/c2cc(O)ccc2O)s1. The van der Waals surface area contributed by atoms with Gasteiger partial charge in [-0.1, -0.05) is 18.3 Å². The molecule has 1 heterocycles. The predicted octanol–water partition coefficient (Wildman–Crippen LogP) is 2.06. The summed E-state index contributed by atoms with van der Waals surface area (Å²) in [5, 5.41) is 39.3. The molecule has 0 saturated heterocycles. The summed E-state index contributed by atoms with van der Waals surface area (Å²) in [6, 6.07) is 5.57. The van der Waals surface area contributed by atoms with Crippen LogP contribution in [-0.4, -0.2) is 26.3 Å². The van der Waals surface area contributed by atoms with Gasteiger partial charge in [0.25, 0.3) is 5.91 Å². The highest BCUT2D eigenvalue weighted by Gasteiger charge is 2.13. The van der Waals surface area contributed by atoms with E-state index in [1.54, 1.807) is 6.07 Å². The molecule has 0 bridgehead atoms. The van der Waals surface area contributed by atoms with E-state index in [4.69, 9.17) is 5.26 Å². The molecule has 0 fully saturated rings. The molecule has 3 N–H and O–H groups in total. The molecule has 0 unspecified atom stereocenters. The molecule has 0 aliphatic carbocycles. The number of phenols is 2. The fraction of sp³-hybridized carbons (Fsp3) is 0.143. The zero-order valence-electron chi connectivity index (χ0n) is 11.6. The Morgan fingerprint density at radius 3 is 2.86 bits per heavy atom. The summed E-state index contributed by atoms with van der Waals surface area (Å²) < 4.78 is 0. The summed E-state index contributed by atoms with van der Waals surface area (Å²) in [7, 11) is 0. The Kier molecular flexibility index (Phi) is 4.70. The van der Waals surface area contributed by atoms with Gasteiger partial charge < -0.3 is 10.2 Å². The molecule has 112 valence electrons. The average Bonchev–Trinajstić information content (AvgIpc) is 2.95. The highest BCUT2D eigenvalue weighted by atomic mass is 32.1. The van der Waals surface area contributed by atoms with Crippen LogP contribution in [0.1, 0.15) is 17.5 Å². The minimum atomic E-state index is -0.663. The van der Waals surface area contributed by atoms with Crippen LogP contribution in [0.25, 0.3) is 6.08 Å². The summed E-state index contributed by atoms with van der Waals surface area (Å²) in [6.45, 7) is 1.91. The lowest BCUT2D eigenvalue weighted by Gasteiger charge is -2.02. The standard InChI is InChI=1S/C14H12N4O3S/c1-2-12-17-18-14(22-12)16-13(21)9(7-15)5-8-6-10(19)3-4-11(8)20/h3-6,19-20H,2H2,1H3,(H,16,18,21)/b9-5+. The number of hydrogen-bond donors (Lipinski definition) is 3. The molecule has 0 radical (unpaired) electrons. The predicted molar refractivity (Wildman–Crippen MR) is 81.3 cm³/mol. The number of rotatable bonds is 4. The number of amides is 1. The zero-order valence-corrected chi connectivity index (χ0v) is 12.4. The Hall–Kier alpha value is -2.92. The second-order valence-corrected chi connectivity index (χ2v) is 5.28. The van der Waals surface area contributed by atoms with Crippen molar-refractivity contribution in [2.45, 2.75) is 13.3 Å². The van der Waals surface area contributed by atoms with E-state index in [0.29, 0.717) is 11.6 Å². The monoisotopic (exact) mass is 316 g/mol. The lowest BCUT2D eigenvalue weighted by molar-refractivity contribution is -0.112. The minimum Gasteiger partial charge on any atom is -0.508 e. The molecule has 0 saturated carbocycles. The van der Waals surface area contributed by atoms with E-state index in [-0.39, 0.29) is 22.6 Å². The fourth-order valence-corrected chi connectivity index (χ4v) is 2.25. The number of aromatic nitrogens is 2. The van der Waals surface area contributed by atoms with E-state index in [0.717, 1.165) is 5.01 Å². The van der Waals surface area contributed by atoms with Crippen molar-refractivity contribution < 1.29 is 15.0 Å². The van der Waals surface area contributed by atoms with Crippen LogP contribution in [0.4, 0.5) is 5.13 Å². The Morgan fingerprint density at radius 1 is 1.45 bits per heavy atom. The highest BCUT2D eigenvalue weighted by molar-refractivity contribution is 7.15. The van der Waals surface area contributed by atoms with Gasteiger partial charge in [-0.2, -0.15) is 5.26 Å². The van der Waals surface area contributed by atoms with Gasteiger partial charge in [-0.05, 0) is 30.7 Å². The summed E-state index contributed by atoms with van der Waals surface area (Å²) in [5.41, 5.74) is -0.0626. The number of benzene rings is 1. The number of nitriles is 1. The van der Waals surface area contributed by atoms with Gasteiger partial charge in [-0.15, -0.1) is 10.2 Å². The molecule has 0 atom stereocenters. The van der Waals surface area contributed by atoms with Crippen LogP contribution in [-0.2, 0) is 11.2 Å². The van der Waals surface area contributed by atoms with Crippen molar-refractivity contribution in [2.24, 2.45) is 0 Å². The molecular weight excluding hydrogens is 304 g/mol. The average molecular weight is 316 g/mol. The van der Waals surface area contributed by atoms with Crippen molar-refractivity contribution in [3.63, 3.8) is 0 Å². The topological polar surface area (TPSA) is 119 Å². The molecule has 0 aliphatic rings.